The molecule has 0 N–H and O–H groups in total. The highest BCUT2D eigenvalue weighted by Gasteiger charge is 1.99. The first-order valence-electron chi connectivity index (χ1n) is 14.8. The second kappa shape index (κ2) is 20.4. The fraction of sp³-hybridized carbons (Fsp3) is 0.282. The Morgan fingerprint density at radius 2 is 1.07 bits per heavy atom. The molecule has 0 atom stereocenters. The summed E-state index contributed by atoms with van der Waals surface area (Å²) in [5.74, 6) is 14.2. The van der Waals surface area contributed by atoms with Crippen LogP contribution >= 0.6 is 0 Å². The highest BCUT2D eigenvalue weighted by molar-refractivity contribution is 5.49. The number of methoxy groups -OCH3 is 2. The summed E-state index contributed by atoms with van der Waals surface area (Å²) in [5, 5.41) is 0. The Hall–Kier alpha value is -4.48. The Labute approximate surface area is 258 Å². The molecular weight excluding hydrogens is 532 g/mol. The van der Waals surface area contributed by atoms with Crippen LogP contribution in [0.5, 0.6) is 11.5 Å². The molecule has 0 fully saturated rings. The van der Waals surface area contributed by atoms with Gasteiger partial charge < -0.3 is 18.9 Å². The van der Waals surface area contributed by atoms with Gasteiger partial charge in [0.05, 0.1) is 5.56 Å². The molecule has 43 heavy (non-hydrogen) atoms. The second-order valence-corrected chi connectivity index (χ2v) is 9.85. The van der Waals surface area contributed by atoms with Crippen molar-refractivity contribution in [3.8, 4) is 35.2 Å². The normalized spacial score (nSPS) is 9.84. The number of ether oxygens (including phenoxy) is 4. The summed E-state index contributed by atoms with van der Waals surface area (Å²) in [6, 6.07) is 33.9. The lowest BCUT2D eigenvalue weighted by molar-refractivity contribution is 0.0508. The smallest absolute Gasteiger partial charge is 0.188 e. The topological polar surface area (TPSA) is 36.9 Å². The predicted octanol–water partition coefficient (Wildman–Crippen LogP) is 8.65. The van der Waals surface area contributed by atoms with E-state index in [9.17, 15) is 0 Å². The third kappa shape index (κ3) is 13.4. The second-order valence-electron chi connectivity index (χ2n) is 9.85. The molecule has 0 aliphatic heterocycles. The number of para-hydroxylation sites is 1. The predicted molar refractivity (Wildman–Crippen MR) is 175 cm³/mol. The minimum atomic E-state index is 0.226. The van der Waals surface area contributed by atoms with E-state index >= 15 is 0 Å². The van der Waals surface area contributed by atoms with E-state index in [1.807, 2.05) is 78.9 Å². The van der Waals surface area contributed by atoms with Crippen molar-refractivity contribution >= 4 is 0 Å². The van der Waals surface area contributed by atoms with Crippen molar-refractivity contribution in [1.82, 2.24) is 0 Å². The standard InChI is InChI=1S/C23H28O2.C16H14O2/c1-3-4-5-6-7-8-20-9-11-21(12-10-20)13-14-22-15-17-23(18-16-22)25-19-24-2;1-17-13-18-16-10-6-5-9-15(16)12-11-14-7-3-2-4-8-14/h9-12,15-18H,3-8,19H2,1-2H3;2-10H,13H2,1H3. The van der Waals surface area contributed by atoms with E-state index in [1.54, 1.807) is 14.2 Å². The summed E-state index contributed by atoms with van der Waals surface area (Å²) >= 11 is 0. The van der Waals surface area contributed by atoms with Crippen LogP contribution in [-0.2, 0) is 15.9 Å². The van der Waals surface area contributed by atoms with Gasteiger partial charge in [0.1, 0.15) is 11.5 Å². The SMILES string of the molecule is CCCCCCCc1ccc(C#Cc2ccc(OCOC)cc2)cc1.COCOc1ccccc1C#Cc1ccccc1. The molecule has 4 aromatic rings. The average molecular weight is 575 g/mol. The molecule has 0 saturated heterocycles. The quantitative estimate of drug-likeness (QED) is 0.0964. The summed E-state index contributed by atoms with van der Waals surface area (Å²) in [6.45, 7) is 2.74. The molecule has 4 aromatic carbocycles. The Morgan fingerprint density at radius 3 is 1.74 bits per heavy atom. The van der Waals surface area contributed by atoms with Crippen molar-refractivity contribution < 1.29 is 18.9 Å². The van der Waals surface area contributed by atoms with Crippen molar-refractivity contribution in [2.24, 2.45) is 0 Å². The lowest BCUT2D eigenvalue weighted by Gasteiger charge is -2.05. The van der Waals surface area contributed by atoms with Gasteiger partial charge >= 0.3 is 0 Å². The number of unbranched alkanes of at least 4 members (excludes halogenated alkanes) is 4. The van der Waals surface area contributed by atoms with Crippen LogP contribution in [0, 0.1) is 23.7 Å². The zero-order chi connectivity index (χ0) is 30.4. The first-order valence-corrected chi connectivity index (χ1v) is 14.8. The molecule has 0 saturated carbocycles. The van der Waals surface area contributed by atoms with Gasteiger partial charge in [0.25, 0.3) is 0 Å². The minimum absolute atomic E-state index is 0.226. The maximum atomic E-state index is 5.45. The van der Waals surface area contributed by atoms with E-state index in [2.05, 4.69) is 54.9 Å². The molecule has 0 unspecified atom stereocenters. The number of hydrogen-bond donors (Lipinski definition) is 0. The number of aryl methyl sites for hydroxylation is 1. The summed E-state index contributed by atoms with van der Waals surface area (Å²) < 4.78 is 20.6. The summed E-state index contributed by atoms with van der Waals surface area (Å²) in [7, 11) is 3.20. The van der Waals surface area contributed by atoms with Gasteiger partial charge in [-0.25, -0.2) is 0 Å². The van der Waals surface area contributed by atoms with Gasteiger partial charge in [-0.1, -0.05) is 98.8 Å². The molecule has 0 radical (unpaired) electrons. The van der Waals surface area contributed by atoms with Crippen LogP contribution in [0.25, 0.3) is 0 Å². The Morgan fingerprint density at radius 1 is 0.512 bits per heavy atom. The van der Waals surface area contributed by atoms with E-state index in [0.717, 1.165) is 33.8 Å². The highest BCUT2D eigenvalue weighted by atomic mass is 16.7. The van der Waals surface area contributed by atoms with E-state index < -0.39 is 0 Å². The monoisotopic (exact) mass is 574 g/mol. The maximum Gasteiger partial charge on any atom is 0.188 e. The van der Waals surface area contributed by atoms with Crippen molar-refractivity contribution in [3.63, 3.8) is 0 Å². The van der Waals surface area contributed by atoms with Gasteiger partial charge in [-0.15, -0.1) is 0 Å². The molecule has 0 aliphatic rings. The van der Waals surface area contributed by atoms with Crippen LogP contribution in [0.4, 0.5) is 0 Å². The summed E-state index contributed by atoms with van der Waals surface area (Å²) in [5.41, 5.74) is 5.28. The minimum Gasteiger partial charge on any atom is -0.468 e. The molecule has 222 valence electrons. The van der Waals surface area contributed by atoms with Crippen LogP contribution in [-0.4, -0.2) is 27.8 Å². The summed E-state index contributed by atoms with van der Waals surface area (Å²) in [4.78, 5) is 0. The fourth-order valence-corrected chi connectivity index (χ4v) is 4.07. The molecule has 0 bridgehead atoms. The average Bonchev–Trinajstić information content (AvgIpc) is 3.06. The first kappa shape index (κ1) is 33.0. The van der Waals surface area contributed by atoms with Gasteiger partial charge in [0.2, 0.25) is 0 Å². The molecule has 0 amide bonds. The molecule has 4 nitrogen and oxygen atoms in total. The van der Waals surface area contributed by atoms with Gasteiger partial charge in [-0.05, 0) is 79.1 Å². The zero-order valence-corrected chi connectivity index (χ0v) is 25.6. The zero-order valence-electron chi connectivity index (χ0n) is 25.6. The first-order chi connectivity index (χ1) is 21.2. The van der Waals surface area contributed by atoms with E-state index in [1.165, 1.54) is 44.1 Å². The molecule has 0 spiro atoms. The van der Waals surface area contributed by atoms with Crippen LogP contribution in [0.3, 0.4) is 0 Å². The van der Waals surface area contributed by atoms with Crippen LogP contribution in [0.15, 0.2) is 103 Å². The van der Waals surface area contributed by atoms with E-state index in [4.69, 9.17) is 18.9 Å². The third-order valence-electron chi connectivity index (χ3n) is 6.41. The highest BCUT2D eigenvalue weighted by Crippen LogP contribution is 2.17. The van der Waals surface area contributed by atoms with Crippen LogP contribution in [0.1, 0.15) is 66.8 Å². The maximum absolute atomic E-state index is 5.45. The van der Waals surface area contributed by atoms with E-state index in [0.29, 0.717) is 0 Å². The van der Waals surface area contributed by atoms with Crippen LogP contribution in [0.2, 0.25) is 0 Å². The van der Waals surface area contributed by atoms with Crippen LogP contribution < -0.4 is 9.47 Å². The molecule has 4 rings (SSSR count). The lowest BCUT2D eigenvalue weighted by atomic mass is 10.0. The number of rotatable bonds is 12. The van der Waals surface area contributed by atoms with Crippen molar-refractivity contribution in [2.75, 3.05) is 27.8 Å². The van der Waals surface area contributed by atoms with Gasteiger partial charge in [-0.3, -0.25) is 0 Å². The lowest BCUT2D eigenvalue weighted by Crippen LogP contribution is -2.00. The van der Waals surface area contributed by atoms with Gasteiger partial charge in [0.15, 0.2) is 13.6 Å². The number of benzene rings is 4. The van der Waals surface area contributed by atoms with Crippen molar-refractivity contribution in [2.45, 2.75) is 45.4 Å². The Balaban J connectivity index is 0.000000248. The van der Waals surface area contributed by atoms with E-state index in [-0.39, 0.29) is 13.6 Å². The Bertz CT molecular complexity index is 1440. The fourth-order valence-electron chi connectivity index (χ4n) is 4.07. The van der Waals surface area contributed by atoms with Gasteiger partial charge in [-0.2, -0.15) is 0 Å². The van der Waals surface area contributed by atoms with Gasteiger partial charge in [0, 0.05) is 30.9 Å². The molecule has 0 heterocycles. The van der Waals surface area contributed by atoms with Crippen molar-refractivity contribution in [3.05, 3.63) is 131 Å². The van der Waals surface area contributed by atoms with Crippen molar-refractivity contribution in [1.29, 1.82) is 0 Å². The molecular formula is C39H42O4. The number of hydrogen-bond acceptors (Lipinski definition) is 4. The molecule has 0 aromatic heterocycles. The molecule has 0 aliphatic carbocycles. The molecule has 4 heteroatoms. The summed E-state index contributed by atoms with van der Waals surface area (Å²) in [6.07, 6.45) is 7.79. The Kier molecular flexibility index (Phi) is 15.7. The third-order valence-corrected chi connectivity index (χ3v) is 6.41. The largest absolute Gasteiger partial charge is 0.468 e.